The van der Waals surface area contributed by atoms with Crippen LogP contribution in [0.25, 0.3) is 0 Å². The van der Waals surface area contributed by atoms with Crippen molar-refractivity contribution < 1.29 is 0 Å². The lowest BCUT2D eigenvalue weighted by molar-refractivity contribution is 0.405. The molecule has 130 valence electrons. The minimum Gasteiger partial charge on any atom is -0.353 e. The fraction of sp³-hybridized carbons (Fsp3) is 0.500. The number of para-hydroxylation sites is 1. The van der Waals surface area contributed by atoms with Crippen LogP contribution in [0.1, 0.15) is 31.4 Å². The zero-order valence-electron chi connectivity index (χ0n) is 15.1. The van der Waals surface area contributed by atoms with Gasteiger partial charge in [0.25, 0.3) is 0 Å². The number of rotatable bonds is 9. The van der Waals surface area contributed by atoms with Crippen LogP contribution in [0.2, 0.25) is 0 Å². The lowest BCUT2D eigenvalue weighted by Crippen LogP contribution is -2.17. The summed E-state index contributed by atoms with van der Waals surface area (Å²) >= 11 is 0. The van der Waals surface area contributed by atoms with Gasteiger partial charge in [0.2, 0.25) is 5.95 Å². The number of aryl methyl sites for hydroxylation is 2. The normalized spacial score (nSPS) is 10.9. The molecule has 1 aromatic heterocycles. The van der Waals surface area contributed by atoms with Crippen LogP contribution in [0, 0.1) is 0 Å². The third kappa shape index (κ3) is 5.16. The molecule has 0 saturated carbocycles. The van der Waals surface area contributed by atoms with Crippen LogP contribution >= 0.6 is 0 Å². The summed E-state index contributed by atoms with van der Waals surface area (Å²) in [4.78, 5) is 6.69. The van der Waals surface area contributed by atoms with Gasteiger partial charge in [-0.25, -0.2) is 0 Å². The average molecular weight is 328 g/mol. The smallest absolute Gasteiger partial charge is 0.244 e. The van der Waals surface area contributed by atoms with Crippen LogP contribution in [0.15, 0.2) is 24.4 Å². The molecule has 1 heterocycles. The second-order valence-electron chi connectivity index (χ2n) is 6.03. The van der Waals surface area contributed by atoms with E-state index < -0.39 is 0 Å². The van der Waals surface area contributed by atoms with Crippen molar-refractivity contribution in [2.75, 3.05) is 37.8 Å². The maximum Gasteiger partial charge on any atom is 0.244 e. The van der Waals surface area contributed by atoms with Crippen LogP contribution in [-0.2, 0) is 12.8 Å². The molecule has 0 aliphatic carbocycles. The Morgan fingerprint density at radius 1 is 1.08 bits per heavy atom. The number of benzene rings is 1. The Morgan fingerprint density at radius 3 is 2.42 bits per heavy atom. The average Bonchev–Trinajstić information content (AvgIpc) is 2.59. The fourth-order valence-electron chi connectivity index (χ4n) is 2.57. The Labute approximate surface area is 144 Å². The first-order chi connectivity index (χ1) is 11.6. The van der Waals surface area contributed by atoms with Gasteiger partial charge in [-0.1, -0.05) is 32.0 Å². The van der Waals surface area contributed by atoms with Gasteiger partial charge < -0.3 is 15.5 Å². The molecule has 0 unspecified atom stereocenters. The van der Waals surface area contributed by atoms with Gasteiger partial charge in [-0.05, 0) is 51.0 Å². The van der Waals surface area contributed by atoms with E-state index in [1.54, 1.807) is 6.20 Å². The lowest BCUT2D eigenvalue weighted by Gasteiger charge is -2.15. The van der Waals surface area contributed by atoms with Crippen LogP contribution in [0.5, 0.6) is 0 Å². The Bertz CT molecular complexity index is 619. The fourth-order valence-corrected chi connectivity index (χ4v) is 2.57. The van der Waals surface area contributed by atoms with E-state index in [4.69, 9.17) is 0 Å². The molecular formula is C18H28N6. The minimum absolute atomic E-state index is 0.561. The molecule has 2 aromatic rings. The van der Waals surface area contributed by atoms with Crippen molar-refractivity contribution in [1.82, 2.24) is 20.1 Å². The second-order valence-corrected chi connectivity index (χ2v) is 6.03. The number of nitrogens with one attached hydrogen (secondary N) is 2. The van der Waals surface area contributed by atoms with Gasteiger partial charge in [-0.3, -0.25) is 0 Å². The molecule has 0 bridgehead atoms. The first kappa shape index (κ1) is 18.1. The third-order valence-corrected chi connectivity index (χ3v) is 3.88. The number of hydrogen-bond acceptors (Lipinski definition) is 6. The standard InChI is InChI=1S/C18H28N6/c1-5-14-9-7-10-15(6-2)17(14)21-16-13-20-23-18(22-16)19-11-8-12-24(3)4/h7,9-10,13H,5-6,8,11-12H2,1-4H3,(H2,19,21,22,23). The molecule has 0 fully saturated rings. The second kappa shape index (κ2) is 9.17. The summed E-state index contributed by atoms with van der Waals surface area (Å²) in [6, 6.07) is 6.41. The van der Waals surface area contributed by atoms with E-state index in [2.05, 4.69) is 76.9 Å². The Balaban J connectivity index is 2.07. The molecule has 0 radical (unpaired) electrons. The molecule has 1 aromatic carbocycles. The SMILES string of the molecule is CCc1cccc(CC)c1Nc1cnnc(NCCCN(C)C)n1. The summed E-state index contributed by atoms with van der Waals surface area (Å²) in [5, 5.41) is 14.8. The molecule has 2 rings (SSSR count). The van der Waals surface area contributed by atoms with Crippen molar-refractivity contribution in [2.45, 2.75) is 33.1 Å². The molecule has 0 atom stereocenters. The van der Waals surface area contributed by atoms with Gasteiger partial charge in [-0.15, -0.1) is 5.10 Å². The van der Waals surface area contributed by atoms with E-state index in [-0.39, 0.29) is 0 Å². The molecule has 0 amide bonds. The topological polar surface area (TPSA) is 66.0 Å². The van der Waals surface area contributed by atoms with Gasteiger partial charge in [0.1, 0.15) is 0 Å². The van der Waals surface area contributed by atoms with Crippen molar-refractivity contribution in [1.29, 1.82) is 0 Å². The predicted octanol–water partition coefficient (Wildman–Crippen LogP) is 3.10. The molecule has 0 aliphatic rings. The van der Waals surface area contributed by atoms with Crippen molar-refractivity contribution in [3.05, 3.63) is 35.5 Å². The zero-order valence-corrected chi connectivity index (χ0v) is 15.1. The molecular weight excluding hydrogens is 300 g/mol. The summed E-state index contributed by atoms with van der Waals surface area (Å²) in [5.41, 5.74) is 3.71. The van der Waals surface area contributed by atoms with Crippen LogP contribution in [-0.4, -0.2) is 47.3 Å². The van der Waals surface area contributed by atoms with Crippen molar-refractivity contribution >= 4 is 17.5 Å². The molecule has 24 heavy (non-hydrogen) atoms. The Hall–Kier alpha value is -2.21. The molecule has 6 heteroatoms. The summed E-state index contributed by atoms with van der Waals surface area (Å²) in [7, 11) is 4.14. The quantitative estimate of drug-likeness (QED) is 0.690. The predicted molar refractivity (Wildman–Crippen MR) is 100.0 cm³/mol. The van der Waals surface area contributed by atoms with E-state index in [1.165, 1.54) is 11.1 Å². The van der Waals surface area contributed by atoms with Gasteiger partial charge >= 0.3 is 0 Å². The first-order valence-corrected chi connectivity index (χ1v) is 8.60. The van der Waals surface area contributed by atoms with Crippen LogP contribution in [0.3, 0.4) is 0 Å². The summed E-state index contributed by atoms with van der Waals surface area (Å²) in [5.74, 6) is 1.28. The Morgan fingerprint density at radius 2 is 1.79 bits per heavy atom. The number of aromatic nitrogens is 3. The highest BCUT2D eigenvalue weighted by Crippen LogP contribution is 2.25. The van der Waals surface area contributed by atoms with Crippen LogP contribution in [0.4, 0.5) is 17.5 Å². The van der Waals surface area contributed by atoms with Gasteiger partial charge in [-0.2, -0.15) is 10.1 Å². The van der Waals surface area contributed by atoms with Crippen molar-refractivity contribution in [2.24, 2.45) is 0 Å². The summed E-state index contributed by atoms with van der Waals surface area (Å²) in [6.07, 6.45) is 4.65. The highest BCUT2D eigenvalue weighted by molar-refractivity contribution is 5.65. The molecule has 0 aliphatic heterocycles. The number of hydrogen-bond donors (Lipinski definition) is 2. The van der Waals surface area contributed by atoms with E-state index in [1.807, 2.05) is 0 Å². The highest BCUT2D eigenvalue weighted by atomic mass is 15.3. The highest BCUT2D eigenvalue weighted by Gasteiger charge is 2.08. The van der Waals surface area contributed by atoms with E-state index in [0.29, 0.717) is 5.95 Å². The largest absolute Gasteiger partial charge is 0.353 e. The van der Waals surface area contributed by atoms with Crippen LogP contribution < -0.4 is 10.6 Å². The molecule has 2 N–H and O–H groups in total. The van der Waals surface area contributed by atoms with E-state index in [0.717, 1.165) is 43.9 Å². The van der Waals surface area contributed by atoms with E-state index >= 15 is 0 Å². The van der Waals surface area contributed by atoms with E-state index in [9.17, 15) is 0 Å². The zero-order chi connectivity index (χ0) is 17.4. The lowest BCUT2D eigenvalue weighted by atomic mass is 10.0. The maximum absolute atomic E-state index is 4.53. The molecule has 0 saturated heterocycles. The Kier molecular flexibility index (Phi) is 6.93. The molecule has 0 spiro atoms. The van der Waals surface area contributed by atoms with Gasteiger partial charge in [0, 0.05) is 12.2 Å². The van der Waals surface area contributed by atoms with Gasteiger partial charge in [0.15, 0.2) is 5.82 Å². The monoisotopic (exact) mass is 328 g/mol. The summed E-state index contributed by atoms with van der Waals surface area (Å²) < 4.78 is 0. The van der Waals surface area contributed by atoms with Crippen molar-refractivity contribution in [3.8, 4) is 0 Å². The third-order valence-electron chi connectivity index (χ3n) is 3.88. The van der Waals surface area contributed by atoms with Crippen molar-refractivity contribution in [3.63, 3.8) is 0 Å². The minimum atomic E-state index is 0.561. The first-order valence-electron chi connectivity index (χ1n) is 8.60. The van der Waals surface area contributed by atoms with Gasteiger partial charge in [0.05, 0.1) is 6.20 Å². The molecule has 6 nitrogen and oxygen atoms in total. The summed E-state index contributed by atoms with van der Waals surface area (Å²) in [6.45, 7) is 6.18. The number of anilines is 3. The number of nitrogens with zero attached hydrogens (tertiary/aromatic N) is 4. The maximum atomic E-state index is 4.53.